The molecule has 154 valence electrons. The van der Waals surface area contributed by atoms with E-state index in [1.165, 1.54) is 6.42 Å². The van der Waals surface area contributed by atoms with Crippen molar-refractivity contribution in [2.75, 3.05) is 5.32 Å². The van der Waals surface area contributed by atoms with E-state index in [1.54, 1.807) is 49.4 Å². The maximum absolute atomic E-state index is 12.6. The standard InChI is InChI=1S/C22H24Cl2N2O3/c1-14(29-20-10-6-5-9-19(20)24)21(27)26-16-11-12-18(23)17(13-16)22(28)25-15-7-3-2-4-8-15/h5-6,9-15H,2-4,7-8H2,1H3,(H,25,28)(H,26,27). The summed E-state index contributed by atoms with van der Waals surface area (Å²) >= 11 is 12.3. The summed E-state index contributed by atoms with van der Waals surface area (Å²) in [6, 6.07) is 12.0. The predicted octanol–water partition coefficient (Wildman–Crippen LogP) is 5.46. The summed E-state index contributed by atoms with van der Waals surface area (Å²) in [7, 11) is 0. The Morgan fingerprint density at radius 1 is 1.03 bits per heavy atom. The number of ether oxygens (including phenoxy) is 1. The van der Waals surface area contributed by atoms with E-state index in [0.717, 1.165) is 25.7 Å². The molecule has 0 aromatic heterocycles. The molecule has 29 heavy (non-hydrogen) atoms. The van der Waals surface area contributed by atoms with Crippen LogP contribution in [0.1, 0.15) is 49.4 Å². The minimum atomic E-state index is -0.773. The van der Waals surface area contributed by atoms with Crippen molar-refractivity contribution in [3.63, 3.8) is 0 Å². The van der Waals surface area contributed by atoms with E-state index in [0.29, 0.717) is 27.0 Å². The van der Waals surface area contributed by atoms with Crippen LogP contribution in [0.5, 0.6) is 5.75 Å². The number of benzene rings is 2. The molecule has 1 aliphatic carbocycles. The van der Waals surface area contributed by atoms with E-state index >= 15 is 0 Å². The molecule has 7 heteroatoms. The van der Waals surface area contributed by atoms with Crippen molar-refractivity contribution in [2.24, 2.45) is 0 Å². The Hall–Kier alpha value is -2.24. The van der Waals surface area contributed by atoms with Crippen LogP contribution in [0.25, 0.3) is 0 Å². The number of para-hydroxylation sites is 1. The van der Waals surface area contributed by atoms with Gasteiger partial charge in [0.15, 0.2) is 6.10 Å². The van der Waals surface area contributed by atoms with E-state index in [2.05, 4.69) is 10.6 Å². The number of carbonyl (C=O) groups excluding carboxylic acids is 2. The smallest absolute Gasteiger partial charge is 0.265 e. The molecular weight excluding hydrogens is 411 g/mol. The van der Waals surface area contributed by atoms with Crippen molar-refractivity contribution in [2.45, 2.75) is 51.2 Å². The summed E-state index contributed by atoms with van der Waals surface area (Å²) < 4.78 is 5.63. The zero-order valence-corrected chi connectivity index (χ0v) is 17.7. The lowest BCUT2D eigenvalue weighted by atomic mass is 9.95. The Bertz CT molecular complexity index is 882. The van der Waals surface area contributed by atoms with Crippen LogP contribution < -0.4 is 15.4 Å². The fourth-order valence-corrected chi connectivity index (χ4v) is 3.70. The first-order valence-electron chi connectivity index (χ1n) is 9.76. The van der Waals surface area contributed by atoms with Gasteiger partial charge in [-0.3, -0.25) is 9.59 Å². The Morgan fingerprint density at radius 3 is 2.48 bits per heavy atom. The molecule has 2 aromatic carbocycles. The van der Waals surface area contributed by atoms with Gasteiger partial charge in [-0.1, -0.05) is 54.6 Å². The van der Waals surface area contributed by atoms with Crippen molar-refractivity contribution in [3.8, 4) is 5.75 Å². The van der Waals surface area contributed by atoms with Gasteiger partial charge >= 0.3 is 0 Å². The first kappa shape index (κ1) is 21.5. The lowest BCUT2D eigenvalue weighted by Gasteiger charge is -2.23. The Labute approximate surface area is 180 Å². The molecule has 0 heterocycles. The highest BCUT2D eigenvalue weighted by molar-refractivity contribution is 6.34. The van der Waals surface area contributed by atoms with Gasteiger partial charge in [0, 0.05) is 11.7 Å². The fraction of sp³-hybridized carbons (Fsp3) is 0.364. The molecule has 5 nitrogen and oxygen atoms in total. The van der Waals surface area contributed by atoms with Gasteiger partial charge < -0.3 is 15.4 Å². The zero-order valence-electron chi connectivity index (χ0n) is 16.2. The number of anilines is 1. The summed E-state index contributed by atoms with van der Waals surface area (Å²) in [5.41, 5.74) is 0.817. The largest absolute Gasteiger partial charge is 0.479 e. The first-order chi connectivity index (χ1) is 13.9. The van der Waals surface area contributed by atoms with Crippen LogP contribution in [0.15, 0.2) is 42.5 Å². The van der Waals surface area contributed by atoms with Gasteiger partial charge in [-0.25, -0.2) is 0 Å². The van der Waals surface area contributed by atoms with Crippen molar-refractivity contribution >= 4 is 40.7 Å². The molecular formula is C22H24Cl2N2O3. The van der Waals surface area contributed by atoms with Gasteiger partial charge in [0.05, 0.1) is 15.6 Å². The molecule has 0 aliphatic heterocycles. The number of hydrogen-bond acceptors (Lipinski definition) is 3. The highest BCUT2D eigenvalue weighted by Crippen LogP contribution is 2.25. The van der Waals surface area contributed by atoms with Crippen LogP contribution in [0.3, 0.4) is 0 Å². The lowest BCUT2D eigenvalue weighted by molar-refractivity contribution is -0.122. The quantitative estimate of drug-likeness (QED) is 0.633. The van der Waals surface area contributed by atoms with E-state index < -0.39 is 6.10 Å². The molecule has 3 rings (SSSR count). The monoisotopic (exact) mass is 434 g/mol. The van der Waals surface area contributed by atoms with E-state index in [-0.39, 0.29) is 17.9 Å². The van der Waals surface area contributed by atoms with Crippen molar-refractivity contribution in [3.05, 3.63) is 58.1 Å². The molecule has 1 unspecified atom stereocenters. The minimum absolute atomic E-state index is 0.176. The zero-order chi connectivity index (χ0) is 20.8. The van der Waals surface area contributed by atoms with Crippen molar-refractivity contribution in [1.29, 1.82) is 0 Å². The summed E-state index contributed by atoms with van der Waals surface area (Å²) in [5, 5.41) is 6.58. The highest BCUT2D eigenvalue weighted by Gasteiger charge is 2.20. The van der Waals surface area contributed by atoms with Gasteiger partial charge in [-0.15, -0.1) is 0 Å². The van der Waals surface area contributed by atoms with Crippen molar-refractivity contribution in [1.82, 2.24) is 5.32 Å². The molecule has 0 saturated heterocycles. The van der Waals surface area contributed by atoms with E-state index in [9.17, 15) is 9.59 Å². The maximum atomic E-state index is 12.6. The third-order valence-electron chi connectivity index (χ3n) is 4.93. The fourth-order valence-electron chi connectivity index (χ4n) is 3.32. The van der Waals surface area contributed by atoms with Gasteiger partial charge in [-0.2, -0.15) is 0 Å². The molecule has 0 radical (unpaired) electrons. The summed E-state index contributed by atoms with van der Waals surface area (Å²) in [4.78, 5) is 25.1. The lowest BCUT2D eigenvalue weighted by Crippen LogP contribution is -2.36. The minimum Gasteiger partial charge on any atom is -0.479 e. The van der Waals surface area contributed by atoms with E-state index in [4.69, 9.17) is 27.9 Å². The third-order valence-corrected chi connectivity index (χ3v) is 5.57. The van der Waals surface area contributed by atoms with Gasteiger partial charge in [0.2, 0.25) is 0 Å². The Kier molecular flexibility index (Phi) is 7.40. The second kappa shape index (κ2) is 9.99. The molecule has 2 amide bonds. The molecule has 0 spiro atoms. The predicted molar refractivity (Wildman–Crippen MR) is 116 cm³/mol. The van der Waals surface area contributed by atoms with Gasteiger partial charge in [-0.05, 0) is 50.1 Å². The number of halogens is 2. The van der Waals surface area contributed by atoms with Gasteiger partial charge in [0.25, 0.3) is 11.8 Å². The number of rotatable bonds is 6. The Balaban J connectivity index is 1.64. The first-order valence-corrected chi connectivity index (χ1v) is 10.5. The molecule has 0 bridgehead atoms. The van der Waals surface area contributed by atoms with Crippen LogP contribution >= 0.6 is 23.2 Å². The van der Waals surface area contributed by atoms with Crippen LogP contribution in [-0.4, -0.2) is 24.0 Å². The topological polar surface area (TPSA) is 67.4 Å². The maximum Gasteiger partial charge on any atom is 0.265 e. The average molecular weight is 435 g/mol. The molecule has 2 aromatic rings. The average Bonchev–Trinajstić information content (AvgIpc) is 2.71. The second-order valence-corrected chi connectivity index (χ2v) is 8.00. The summed E-state index contributed by atoms with van der Waals surface area (Å²) in [6.45, 7) is 1.63. The Morgan fingerprint density at radius 2 is 1.76 bits per heavy atom. The number of amides is 2. The SMILES string of the molecule is CC(Oc1ccccc1Cl)C(=O)Nc1ccc(Cl)c(C(=O)NC2CCCCC2)c1. The normalized spacial score (nSPS) is 15.4. The third kappa shape index (κ3) is 5.87. The second-order valence-electron chi connectivity index (χ2n) is 7.18. The molecule has 1 aliphatic rings. The number of carbonyl (C=O) groups is 2. The molecule has 1 atom stereocenters. The molecule has 2 N–H and O–H groups in total. The van der Waals surface area contributed by atoms with Crippen molar-refractivity contribution < 1.29 is 14.3 Å². The number of hydrogen-bond donors (Lipinski definition) is 2. The van der Waals surface area contributed by atoms with Crippen LogP contribution in [-0.2, 0) is 4.79 Å². The van der Waals surface area contributed by atoms with Crippen LogP contribution in [0, 0.1) is 0 Å². The van der Waals surface area contributed by atoms with Crippen LogP contribution in [0.2, 0.25) is 10.0 Å². The summed E-state index contributed by atoms with van der Waals surface area (Å²) in [6.07, 6.45) is 4.65. The number of nitrogens with one attached hydrogen (secondary N) is 2. The summed E-state index contributed by atoms with van der Waals surface area (Å²) in [5.74, 6) is -0.148. The highest BCUT2D eigenvalue weighted by atomic mass is 35.5. The van der Waals surface area contributed by atoms with E-state index in [1.807, 2.05) is 0 Å². The van der Waals surface area contributed by atoms with Gasteiger partial charge in [0.1, 0.15) is 5.75 Å². The van der Waals surface area contributed by atoms with Crippen LogP contribution in [0.4, 0.5) is 5.69 Å². The molecule has 1 saturated carbocycles. The molecule has 1 fully saturated rings.